The molecular formula is C23H19F3N4OS. The van der Waals surface area contributed by atoms with Gasteiger partial charge in [0.1, 0.15) is 5.03 Å². The molecule has 0 atom stereocenters. The van der Waals surface area contributed by atoms with E-state index in [2.05, 4.69) is 21.5 Å². The van der Waals surface area contributed by atoms with Gasteiger partial charge >= 0.3 is 6.18 Å². The molecule has 0 unspecified atom stereocenters. The number of anilines is 1. The van der Waals surface area contributed by atoms with Crippen LogP contribution >= 0.6 is 11.8 Å². The Balaban J connectivity index is 1.49. The second kappa shape index (κ2) is 8.66. The third kappa shape index (κ3) is 4.77. The van der Waals surface area contributed by atoms with Crippen LogP contribution in [0.1, 0.15) is 16.7 Å². The lowest BCUT2D eigenvalue weighted by Crippen LogP contribution is -2.15. The third-order valence-electron chi connectivity index (χ3n) is 4.97. The van der Waals surface area contributed by atoms with Crippen LogP contribution in [-0.2, 0) is 11.0 Å². The van der Waals surface area contributed by atoms with Crippen LogP contribution in [0.4, 0.5) is 18.9 Å². The number of nitrogens with one attached hydrogen (secondary N) is 1. The highest BCUT2D eigenvalue weighted by atomic mass is 32.2. The van der Waals surface area contributed by atoms with Gasteiger partial charge in [-0.2, -0.15) is 18.3 Å². The van der Waals surface area contributed by atoms with Crippen molar-refractivity contribution in [3.63, 3.8) is 0 Å². The Labute approximate surface area is 186 Å². The van der Waals surface area contributed by atoms with Gasteiger partial charge in [0.2, 0.25) is 5.91 Å². The number of nitrogens with zero attached hydrogens (tertiary/aromatic N) is 3. The molecule has 0 radical (unpaired) electrons. The Hall–Kier alpha value is -3.33. The lowest BCUT2D eigenvalue weighted by molar-refractivity contribution is -0.137. The average Bonchev–Trinajstić information content (AvgIpc) is 3.19. The normalized spacial score (nSPS) is 11.7. The van der Waals surface area contributed by atoms with Crippen LogP contribution in [0.25, 0.3) is 16.8 Å². The number of hydrogen-bond acceptors (Lipinski definition) is 4. The van der Waals surface area contributed by atoms with Crippen LogP contribution in [0, 0.1) is 13.8 Å². The summed E-state index contributed by atoms with van der Waals surface area (Å²) in [4.78, 5) is 16.7. The predicted octanol–water partition coefficient (Wildman–Crippen LogP) is 5.76. The van der Waals surface area contributed by atoms with E-state index >= 15 is 0 Å². The molecule has 32 heavy (non-hydrogen) atoms. The molecule has 0 fully saturated rings. The number of carbonyl (C=O) groups excluding carboxylic acids is 1. The Bertz CT molecular complexity index is 1300. The zero-order valence-electron chi connectivity index (χ0n) is 17.3. The molecule has 0 aliphatic rings. The number of hydrogen-bond donors (Lipinski definition) is 1. The van der Waals surface area contributed by atoms with E-state index in [-0.39, 0.29) is 11.4 Å². The summed E-state index contributed by atoms with van der Waals surface area (Å²) in [5, 5.41) is 7.71. The molecular weight excluding hydrogens is 437 g/mol. The Kier molecular flexibility index (Phi) is 5.92. The maximum Gasteiger partial charge on any atom is 0.416 e. The molecule has 0 bridgehead atoms. The summed E-state index contributed by atoms with van der Waals surface area (Å²) in [7, 11) is 0. The molecule has 4 rings (SSSR count). The number of alkyl halides is 3. The summed E-state index contributed by atoms with van der Waals surface area (Å²) in [6.07, 6.45) is -1.14. The Morgan fingerprint density at radius 1 is 1.09 bits per heavy atom. The molecule has 164 valence electrons. The van der Waals surface area contributed by atoms with Gasteiger partial charge in [-0.05, 0) is 55.3 Å². The van der Waals surface area contributed by atoms with E-state index < -0.39 is 17.6 Å². The van der Waals surface area contributed by atoms with Crippen molar-refractivity contribution in [1.82, 2.24) is 14.6 Å². The summed E-state index contributed by atoms with van der Waals surface area (Å²) < 4.78 is 40.3. The summed E-state index contributed by atoms with van der Waals surface area (Å²) >= 11 is 1.19. The summed E-state index contributed by atoms with van der Waals surface area (Å²) in [5.41, 5.74) is 4.16. The van der Waals surface area contributed by atoms with Gasteiger partial charge in [-0.25, -0.2) is 9.50 Å². The standard InChI is InChI=1S/C23H19F3N4OS/c1-14-6-7-16(10-15(14)2)19-12-20-22(27-8-9-30(20)29-19)32-13-21(31)28-18-5-3-4-17(11-18)23(24,25)26/h3-12H,13H2,1-2H3,(H,28,31). The number of aryl methyl sites for hydroxylation is 2. The highest BCUT2D eigenvalue weighted by Gasteiger charge is 2.30. The third-order valence-corrected chi connectivity index (χ3v) is 5.97. The quantitative estimate of drug-likeness (QED) is 0.388. The summed E-state index contributed by atoms with van der Waals surface area (Å²) in [5.74, 6) is -0.431. The minimum absolute atomic E-state index is 0.00687. The van der Waals surface area contributed by atoms with Crippen molar-refractivity contribution >= 4 is 28.9 Å². The van der Waals surface area contributed by atoms with Gasteiger partial charge in [-0.15, -0.1) is 0 Å². The first-order chi connectivity index (χ1) is 15.2. The molecule has 1 amide bonds. The fraction of sp³-hybridized carbons (Fsp3) is 0.174. The van der Waals surface area contributed by atoms with Gasteiger partial charge in [0.05, 0.1) is 22.5 Å². The molecule has 1 N–H and O–H groups in total. The van der Waals surface area contributed by atoms with Crippen molar-refractivity contribution in [1.29, 1.82) is 0 Å². The Morgan fingerprint density at radius 3 is 2.66 bits per heavy atom. The van der Waals surface area contributed by atoms with Crippen LogP contribution in [0.2, 0.25) is 0 Å². The summed E-state index contributed by atoms with van der Waals surface area (Å²) in [6, 6.07) is 12.6. The van der Waals surface area contributed by atoms with E-state index in [4.69, 9.17) is 0 Å². The van der Waals surface area contributed by atoms with E-state index in [1.54, 1.807) is 16.9 Å². The van der Waals surface area contributed by atoms with Gasteiger partial charge in [0.25, 0.3) is 0 Å². The molecule has 9 heteroatoms. The van der Waals surface area contributed by atoms with Crippen molar-refractivity contribution in [3.05, 3.63) is 77.6 Å². The number of thioether (sulfide) groups is 1. The topological polar surface area (TPSA) is 59.3 Å². The molecule has 2 aromatic carbocycles. The van der Waals surface area contributed by atoms with E-state index in [0.29, 0.717) is 5.03 Å². The molecule has 0 spiro atoms. The minimum atomic E-state index is -4.47. The van der Waals surface area contributed by atoms with Crippen LogP contribution in [0.15, 0.2) is 66.0 Å². The SMILES string of the molecule is Cc1ccc(-c2cc3c(SCC(=O)Nc4cccc(C(F)(F)F)c4)nccn3n2)cc1C. The van der Waals surface area contributed by atoms with Crippen LogP contribution in [0.3, 0.4) is 0 Å². The number of fused-ring (bicyclic) bond motifs is 1. The fourth-order valence-electron chi connectivity index (χ4n) is 3.16. The van der Waals surface area contributed by atoms with Crippen LogP contribution in [-0.4, -0.2) is 26.3 Å². The van der Waals surface area contributed by atoms with Gasteiger partial charge in [-0.1, -0.05) is 30.0 Å². The first-order valence-electron chi connectivity index (χ1n) is 9.72. The largest absolute Gasteiger partial charge is 0.416 e. The monoisotopic (exact) mass is 456 g/mol. The maximum absolute atomic E-state index is 12.9. The maximum atomic E-state index is 12.9. The Morgan fingerprint density at radius 2 is 1.91 bits per heavy atom. The van der Waals surface area contributed by atoms with Crippen molar-refractivity contribution in [2.45, 2.75) is 25.0 Å². The second-order valence-corrected chi connectivity index (χ2v) is 8.27. The predicted molar refractivity (Wildman–Crippen MR) is 119 cm³/mol. The number of halogens is 3. The molecule has 0 saturated carbocycles. The molecule has 2 heterocycles. The van der Waals surface area contributed by atoms with Gasteiger partial charge in [-0.3, -0.25) is 4.79 Å². The van der Waals surface area contributed by atoms with Crippen molar-refractivity contribution < 1.29 is 18.0 Å². The van der Waals surface area contributed by atoms with E-state index in [1.807, 2.05) is 32.0 Å². The first kappa shape index (κ1) is 21.9. The number of aromatic nitrogens is 3. The zero-order valence-corrected chi connectivity index (χ0v) is 18.1. The lowest BCUT2D eigenvalue weighted by atomic mass is 10.0. The molecule has 5 nitrogen and oxygen atoms in total. The minimum Gasteiger partial charge on any atom is -0.325 e. The molecule has 0 aliphatic carbocycles. The fourth-order valence-corrected chi connectivity index (χ4v) is 3.93. The van der Waals surface area contributed by atoms with Crippen molar-refractivity contribution in [2.24, 2.45) is 0 Å². The first-order valence-corrected chi connectivity index (χ1v) is 10.7. The van der Waals surface area contributed by atoms with Crippen molar-refractivity contribution in [2.75, 3.05) is 11.1 Å². The van der Waals surface area contributed by atoms with Crippen molar-refractivity contribution in [3.8, 4) is 11.3 Å². The molecule has 0 aliphatic heterocycles. The van der Waals surface area contributed by atoms with Crippen LogP contribution < -0.4 is 5.32 Å². The van der Waals surface area contributed by atoms with E-state index in [1.165, 1.54) is 35.0 Å². The summed E-state index contributed by atoms with van der Waals surface area (Å²) in [6.45, 7) is 4.09. The van der Waals surface area contributed by atoms with Gasteiger partial charge < -0.3 is 5.32 Å². The molecule has 2 aromatic heterocycles. The van der Waals surface area contributed by atoms with Gasteiger partial charge in [0.15, 0.2) is 0 Å². The lowest BCUT2D eigenvalue weighted by Gasteiger charge is -2.09. The number of benzene rings is 2. The van der Waals surface area contributed by atoms with E-state index in [0.717, 1.165) is 28.9 Å². The number of carbonyl (C=O) groups is 1. The zero-order chi connectivity index (χ0) is 22.9. The molecule has 0 saturated heterocycles. The number of amides is 1. The molecule has 4 aromatic rings. The number of rotatable bonds is 5. The van der Waals surface area contributed by atoms with Gasteiger partial charge in [0, 0.05) is 23.6 Å². The smallest absolute Gasteiger partial charge is 0.325 e. The highest BCUT2D eigenvalue weighted by Crippen LogP contribution is 2.31. The van der Waals surface area contributed by atoms with E-state index in [9.17, 15) is 18.0 Å². The highest BCUT2D eigenvalue weighted by molar-refractivity contribution is 8.00. The van der Waals surface area contributed by atoms with Crippen LogP contribution in [0.5, 0.6) is 0 Å². The average molecular weight is 456 g/mol. The second-order valence-electron chi connectivity index (χ2n) is 7.31.